The number of rotatable bonds is 4. The number of urea groups is 1. The molecule has 0 unspecified atom stereocenters. The fraction of sp³-hybridized carbons (Fsp3) is 0.231. The lowest BCUT2D eigenvalue weighted by molar-refractivity contribution is -0.142. The SMILES string of the molecule is COc1ccc(C(=O)CN2C(=O)C(=O)N(C)C2=O)cc1Cl. The van der Waals surface area contributed by atoms with Gasteiger partial charge in [-0.3, -0.25) is 19.3 Å². The molecule has 0 N–H and O–H groups in total. The minimum absolute atomic E-state index is 0.211. The van der Waals surface area contributed by atoms with Gasteiger partial charge in [-0.2, -0.15) is 0 Å². The number of amides is 4. The summed E-state index contributed by atoms with van der Waals surface area (Å²) < 4.78 is 4.96. The zero-order chi connectivity index (χ0) is 15.7. The minimum Gasteiger partial charge on any atom is -0.495 e. The number of nitrogens with zero attached hydrogens (tertiary/aromatic N) is 2. The van der Waals surface area contributed by atoms with E-state index in [-0.39, 0.29) is 10.6 Å². The monoisotopic (exact) mass is 310 g/mol. The van der Waals surface area contributed by atoms with Gasteiger partial charge in [0.05, 0.1) is 18.7 Å². The van der Waals surface area contributed by atoms with Gasteiger partial charge in [0.25, 0.3) is 0 Å². The largest absolute Gasteiger partial charge is 0.495 e. The highest BCUT2D eigenvalue weighted by atomic mass is 35.5. The Morgan fingerprint density at radius 1 is 1.24 bits per heavy atom. The van der Waals surface area contributed by atoms with E-state index < -0.39 is 30.2 Å². The Morgan fingerprint density at radius 2 is 1.90 bits per heavy atom. The van der Waals surface area contributed by atoms with Gasteiger partial charge in [0.2, 0.25) is 0 Å². The van der Waals surface area contributed by atoms with E-state index in [2.05, 4.69) is 0 Å². The summed E-state index contributed by atoms with van der Waals surface area (Å²) in [7, 11) is 2.61. The molecule has 21 heavy (non-hydrogen) atoms. The van der Waals surface area contributed by atoms with Crippen LogP contribution in [0.2, 0.25) is 5.02 Å². The van der Waals surface area contributed by atoms with Gasteiger partial charge in [0.1, 0.15) is 5.75 Å². The lowest BCUT2D eigenvalue weighted by Gasteiger charge is -2.12. The van der Waals surface area contributed by atoms with Crippen molar-refractivity contribution in [2.75, 3.05) is 20.7 Å². The molecular weight excluding hydrogens is 300 g/mol. The van der Waals surface area contributed by atoms with Crippen LogP contribution in [0.5, 0.6) is 5.75 Å². The molecule has 0 saturated carbocycles. The van der Waals surface area contributed by atoms with E-state index in [9.17, 15) is 19.2 Å². The van der Waals surface area contributed by atoms with Crippen LogP contribution in [0.15, 0.2) is 18.2 Å². The molecule has 2 rings (SSSR count). The van der Waals surface area contributed by atoms with E-state index in [1.54, 1.807) is 0 Å². The van der Waals surface area contributed by atoms with Crippen LogP contribution >= 0.6 is 11.6 Å². The predicted molar refractivity (Wildman–Crippen MR) is 72.2 cm³/mol. The number of imide groups is 2. The van der Waals surface area contributed by atoms with Crippen LogP contribution in [0.3, 0.4) is 0 Å². The molecule has 1 aromatic rings. The number of methoxy groups -OCH3 is 1. The number of likely N-dealkylation sites (N-methyl/N-ethyl adjacent to an activating group) is 1. The molecule has 1 aliphatic heterocycles. The van der Waals surface area contributed by atoms with Gasteiger partial charge in [0.15, 0.2) is 5.78 Å². The Balaban J connectivity index is 2.19. The van der Waals surface area contributed by atoms with Crippen LogP contribution < -0.4 is 4.74 Å². The first kappa shape index (κ1) is 15.0. The number of ether oxygens (including phenoxy) is 1. The molecule has 0 radical (unpaired) electrons. The Kier molecular flexibility index (Phi) is 3.95. The summed E-state index contributed by atoms with van der Waals surface area (Å²) in [5.74, 6) is -2.09. The summed E-state index contributed by atoms with van der Waals surface area (Å²) in [5.41, 5.74) is 0.211. The first-order valence-electron chi connectivity index (χ1n) is 5.87. The van der Waals surface area contributed by atoms with Crippen LogP contribution in [0.1, 0.15) is 10.4 Å². The van der Waals surface area contributed by atoms with Crippen molar-refractivity contribution < 1.29 is 23.9 Å². The molecule has 4 amide bonds. The Morgan fingerprint density at radius 3 is 2.38 bits per heavy atom. The third-order valence-electron chi connectivity index (χ3n) is 3.03. The van der Waals surface area contributed by atoms with Crippen LogP contribution in [0.4, 0.5) is 4.79 Å². The van der Waals surface area contributed by atoms with Crippen molar-refractivity contribution >= 4 is 35.2 Å². The number of carbonyl (C=O) groups excluding carboxylic acids is 4. The van der Waals surface area contributed by atoms with Crippen molar-refractivity contribution in [2.24, 2.45) is 0 Å². The van der Waals surface area contributed by atoms with Gasteiger partial charge in [-0.15, -0.1) is 0 Å². The van der Waals surface area contributed by atoms with Gasteiger partial charge in [-0.05, 0) is 18.2 Å². The first-order chi connectivity index (χ1) is 9.86. The number of benzene rings is 1. The van der Waals surface area contributed by atoms with Crippen LogP contribution in [0, 0.1) is 0 Å². The van der Waals surface area contributed by atoms with E-state index in [1.165, 1.54) is 32.4 Å². The Hall–Kier alpha value is -2.41. The lowest BCUT2D eigenvalue weighted by atomic mass is 10.1. The van der Waals surface area contributed by atoms with Crippen molar-refractivity contribution in [2.45, 2.75) is 0 Å². The summed E-state index contributed by atoms with van der Waals surface area (Å²) in [5, 5.41) is 0.232. The molecule has 1 heterocycles. The maximum Gasteiger partial charge on any atom is 0.334 e. The molecule has 1 saturated heterocycles. The van der Waals surface area contributed by atoms with E-state index in [0.717, 1.165) is 0 Å². The third kappa shape index (κ3) is 2.59. The molecule has 110 valence electrons. The number of carbonyl (C=O) groups is 4. The summed E-state index contributed by atoms with van der Waals surface area (Å²) in [6.07, 6.45) is 0. The Labute approximate surface area is 125 Å². The number of Topliss-reactive ketones (excluding diaryl/α,β-unsaturated/α-hetero) is 1. The second-order valence-corrected chi connectivity index (χ2v) is 4.72. The molecule has 8 heteroatoms. The molecule has 0 aromatic heterocycles. The van der Waals surface area contributed by atoms with Gasteiger partial charge in [-0.25, -0.2) is 9.69 Å². The standard InChI is InChI=1S/C13H11ClN2O5/c1-15-11(18)12(19)16(13(15)20)6-9(17)7-3-4-10(21-2)8(14)5-7/h3-5H,6H2,1-2H3. The quantitative estimate of drug-likeness (QED) is 0.470. The fourth-order valence-corrected chi connectivity index (χ4v) is 2.09. The van der Waals surface area contributed by atoms with Crippen molar-refractivity contribution in [3.05, 3.63) is 28.8 Å². The second kappa shape index (κ2) is 5.53. The van der Waals surface area contributed by atoms with Crippen molar-refractivity contribution in [1.29, 1.82) is 0 Å². The van der Waals surface area contributed by atoms with Crippen molar-refractivity contribution in [3.63, 3.8) is 0 Å². The summed E-state index contributed by atoms with van der Waals surface area (Å²) in [4.78, 5) is 47.9. The zero-order valence-electron chi connectivity index (χ0n) is 11.3. The first-order valence-corrected chi connectivity index (χ1v) is 6.25. The third-order valence-corrected chi connectivity index (χ3v) is 3.32. The maximum atomic E-state index is 12.1. The van der Waals surface area contributed by atoms with Crippen LogP contribution in [-0.4, -0.2) is 54.1 Å². The smallest absolute Gasteiger partial charge is 0.334 e. The lowest BCUT2D eigenvalue weighted by Crippen LogP contribution is -2.36. The average molecular weight is 311 g/mol. The van der Waals surface area contributed by atoms with Gasteiger partial charge in [0, 0.05) is 12.6 Å². The van der Waals surface area contributed by atoms with E-state index >= 15 is 0 Å². The van der Waals surface area contributed by atoms with E-state index in [4.69, 9.17) is 16.3 Å². The molecule has 0 spiro atoms. The van der Waals surface area contributed by atoms with Gasteiger partial charge in [-0.1, -0.05) is 11.6 Å². The highest BCUT2D eigenvalue weighted by Crippen LogP contribution is 2.25. The molecule has 0 bridgehead atoms. The topological polar surface area (TPSA) is 84.0 Å². The summed E-state index contributed by atoms with van der Waals surface area (Å²) in [6, 6.07) is 3.52. The Bertz CT molecular complexity index is 658. The predicted octanol–water partition coefficient (Wildman–Crippen LogP) is 0.952. The molecule has 7 nitrogen and oxygen atoms in total. The highest BCUT2D eigenvalue weighted by Gasteiger charge is 2.43. The number of hydrogen-bond acceptors (Lipinski definition) is 5. The average Bonchev–Trinajstić information content (AvgIpc) is 2.65. The second-order valence-electron chi connectivity index (χ2n) is 4.31. The van der Waals surface area contributed by atoms with E-state index in [0.29, 0.717) is 15.5 Å². The molecule has 0 aliphatic carbocycles. The molecule has 1 aliphatic rings. The van der Waals surface area contributed by atoms with Crippen molar-refractivity contribution in [1.82, 2.24) is 9.80 Å². The minimum atomic E-state index is -1.02. The maximum absolute atomic E-state index is 12.1. The number of hydrogen-bond donors (Lipinski definition) is 0. The molecular formula is C13H11ClN2O5. The van der Waals surface area contributed by atoms with Crippen LogP contribution in [0.25, 0.3) is 0 Å². The number of ketones is 1. The number of halogens is 1. The molecule has 1 fully saturated rings. The summed E-state index contributed by atoms with van der Waals surface area (Å²) >= 11 is 5.91. The molecule has 1 aromatic carbocycles. The zero-order valence-corrected chi connectivity index (χ0v) is 12.0. The van der Waals surface area contributed by atoms with Gasteiger partial charge >= 0.3 is 17.8 Å². The highest BCUT2D eigenvalue weighted by molar-refractivity contribution is 6.45. The van der Waals surface area contributed by atoms with E-state index in [1.807, 2.05) is 0 Å². The van der Waals surface area contributed by atoms with Gasteiger partial charge < -0.3 is 4.74 Å². The van der Waals surface area contributed by atoms with Crippen molar-refractivity contribution in [3.8, 4) is 5.75 Å². The normalized spacial score (nSPS) is 14.9. The summed E-state index contributed by atoms with van der Waals surface area (Å²) in [6.45, 7) is -0.517. The molecule has 0 atom stereocenters. The van der Waals surface area contributed by atoms with Crippen LogP contribution in [-0.2, 0) is 9.59 Å². The fourth-order valence-electron chi connectivity index (χ4n) is 1.83.